The zero-order chi connectivity index (χ0) is 22.8. The molecule has 2 aromatic carbocycles. The van der Waals surface area contributed by atoms with Gasteiger partial charge < -0.3 is 5.32 Å². The number of hydrogen-bond acceptors (Lipinski definition) is 3. The topological polar surface area (TPSA) is 66.5 Å². The highest BCUT2D eigenvalue weighted by Crippen LogP contribution is 2.55. The molecule has 1 saturated heterocycles. The molecule has 32 heavy (non-hydrogen) atoms. The average molecular weight is 440 g/mol. The molecule has 4 atom stereocenters. The molecule has 3 aliphatic rings. The summed E-state index contributed by atoms with van der Waals surface area (Å²) in [5.74, 6) is -1.97. The number of carbonyl (C=O) groups excluding carboxylic acids is 3. The maximum atomic E-state index is 13.2. The summed E-state index contributed by atoms with van der Waals surface area (Å²) in [5.41, 5.74) is 0.116. The van der Waals surface area contributed by atoms with Gasteiger partial charge in [-0.15, -0.1) is 0 Å². The first-order valence-electron chi connectivity index (χ1n) is 10.3. The molecule has 2 aromatic rings. The van der Waals surface area contributed by atoms with Crippen LogP contribution in [0.1, 0.15) is 29.3 Å². The van der Waals surface area contributed by atoms with E-state index in [1.54, 1.807) is 6.07 Å². The molecule has 1 heterocycles. The van der Waals surface area contributed by atoms with Crippen molar-refractivity contribution in [3.63, 3.8) is 0 Å². The van der Waals surface area contributed by atoms with Crippen LogP contribution < -0.4 is 10.2 Å². The fourth-order valence-corrected chi connectivity index (χ4v) is 5.35. The van der Waals surface area contributed by atoms with Crippen molar-refractivity contribution in [1.29, 1.82) is 0 Å². The zero-order valence-electron chi connectivity index (χ0n) is 17.0. The number of rotatable bonds is 3. The number of imide groups is 1. The first kappa shape index (κ1) is 20.5. The fourth-order valence-electron chi connectivity index (χ4n) is 5.35. The molecule has 3 amide bonds. The lowest BCUT2D eigenvalue weighted by molar-refractivity contribution is -0.137. The quantitative estimate of drug-likeness (QED) is 0.558. The van der Waals surface area contributed by atoms with Crippen LogP contribution in [0.25, 0.3) is 0 Å². The molecule has 2 bridgehead atoms. The first-order chi connectivity index (χ1) is 15.2. The number of halogens is 3. The van der Waals surface area contributed by atoms with Gasteiger partial charge in [-0.3, -0.25) is 14.4 Å². The average Bonchev–Trinajstić information content (AvgIpc) is 3.38. The van der Waals surface area contributed by atoms with E-state index >= 15 is 0 Å². The van der Waals surface area contributed by atoms with Crippen LogP contribution >= 0.6 is 0 Å². The van der Waals surface area contributed by atoms with E-state index in [4.69, 9.17) is 0 Å². The second-order valence-corrected chi connectivity index (χ2v) is 8.53. The molecule has 1 aliphatic heterocycles. The predicted molar refractivity (Wildman–Crippen MR) is 111 cm³/mol. The van der Waals surface area contributed by atoms with E-state index in [2.05, 4.69) is 11.4 Å². The van der Waals surface area contributed by atoms with Gasteiger partial charge >= 0.3 is 6.18 Å². The Hall–Kier alpha value is -3.42. The number of amides is 3. The SMILES string of the molecule is CC1=C[C@H]2C[C@H]1[C@@H]1C(=O)N(c3cccc(C(=O)Nc4ccccc4C(F)(F)F)c3)C(=O)[C@@H]12. The normalized spacial score (nSPS) is 26.4. The monoisotopic (exact) mass is 440 g/mol. The number of alkyl halides is 3. The van der Waals surface area contributed by atoms with E-state index in [0.717, 1.165) is 23.0 Å². The third kappa shape index (κ3) is 3.04. The van der Waals surface area contributed by atoms with Crippen LogP contribution in [0.4, 0.5) is 24.5 Å². The van der Waals surface area contributed by atoms with Gasteiger partial charge in [0, 0.05) is 5.56 Å². The van der Waals surface area contributed by atoms with E-state index in [1.165, 1.54) is 36.4 Å². The Bertz CT molecular complexity index is 1190. The smallest absolute Gasteiger partial charge is 0.321 e. The largest absolute Gasteiger partial charge is 0.418 e. The van der Waals surface area contributed by atoms with Crippen LogP contribution in [-0.2, 0) is 15.8 Å². The molecule has 8 heteroatoms. The molecular formula is C24H19F3N2O3. The highest BCUT2D eigenvalue weighted by molar-refractivity contribution is 6.23. The number of fused-ring (bicyclic) bond motifs is 5. The lowest BCUT2D eigenvalue weighted by Gasteiger charge is -2.19. The van der Waals surface area contributed by atoms with Crippen LogP contribution in [0.5, 0.6) is 0 Å². The number of anilines is 2. The van der Waals surface area contributed by atoms with Crippen molar-refractivity contribution in [2.75, 3.05) is 10.2 Å². The number of allylic oxidation sites excluding steroid dienone is 2. The van der Waals surface area contributed by atoms with Crippen LogP contribution in [-0.4, -0.2) is 17.7 Å². The Labute approximate surface area is 181 Å². The summed E-state index contributed by atoms with van der Waals surface area (Å²) in [5, 5.41) is 2.29. The van der Waals surface area contributed by atoms with E-state index < -0.39 is 17.6 Å². The lowest BCUT2D eigenvalue weighted by atomic mass is 9.82. The van der Waals surface area contributed by atoms with E-state index in [0.29, 0.717) is 0 Å². The number of para-hydroxylation sites is 1. The van der Waals surface area contributed by atoms with Gasteiger partial charge in [0.2, 0.25) is 11.8 Å². The van der Waals surface area contributed by atoms with Crippen molar-refractivity contribution >= 4 is 29.1 Å². The molecule has 5 nitrogen and oxygen atoms in total. The molecule has 0 radical (unpaired) electrons. The van der Waals surface area contributed by atoms with Crippen molar-refractivity contribution in [3.8, 4) is 0 Å². The van der Waals surface area contributed by atoms with Gasteiger partial charge in [-0.2, -0.15) is 13.2 Å². The van der Waals surface area contributed by atoms with Crippen molar-refractivity contribution in [3.05, 3.63) is 71.3 Å². The van der Waals surface area contributed by atoms with Gasteiger partial charge in [0.15, 0.2) is 0 Å². The summed E-state index contributed by atoms with van der Waals surface area (Å²) in [6, 6.07) is 10.5. The summed E-state index contributed by atoms with van der Waals surface area (Å²) in [7, 11) is 0. The number of benzene rings is 2. The Morgan fingerprint density at radius 2 is 1.75 bits per heavy atom. The maximum absolute atomic E-state index is 13.2. The van der Waals surface area contributed by atoms with Crippen molar-refractivity contribution < 1.29 is 27.6 Å². The summed E-state index contributed by atoms with van der Waals surface area (Å²) in [6.07, 6.45) is -1.74. The van der Waals surface area contributed by atoms with Gasteiger partial charge in [-0.25, -0.2) is 4.90 Å². The highest BCUT2D eigenvalue weighted by atomic mass is 19.4. The first-order valence-corrected chi connectivity index (χ1v) is 10.3. The second kappa shape index (κ2) is 7.05. The molecular weight excluding hydrogens is 421 g/mol. The van der Waals surface area contributed by atoms with Gasteiger partial charge in [-0.05, 0) is 55.5 Å². The number of carbonyl (C=O) groups is 3. The minimum Gasteiger partial charge on any atom is -0.321 e. The summed E-state index contributed by atoms with van der Waals surface area (Å²) < 4.78 is 39.7. The van der Waals surface area contributed by atoms with Crippen LogP contribution in [0.15, 0.2) is 60.2 Å². The number of nitrogens with one attached hydrogen (secondary N) is 1. The number of hydrogen-bond donors (Lipinski definition) is 1. The van der Waals surface area contributed by atoms with Gasteiger partial charge in [0.25, 0.3) is 5.91 Å². The predicted octanol–water partition coefficient (Wildman–Crippen LogP) is 4.66. The van der Waals surface area contributed by atoms with Crippen LogP contribution in [0.2, 0.25) is 0 Å². The molecule has 0 spiro atoms. The molecule has 2 aliphatic carbocycles. The fraction of sp³-hybridized carbons (Fsp3) is 0.292. The van der Waals surface area contributed by atoms with Gasteiger partial charge in [0.05, 0.1) is 28.8 Å². The van der Waals surface area contributed by atoms with Crippen molar-refractivity contribution in [2.24, 2.45) is 23.7 Å². The summed E-state index contributed by atoms with van der Waals surface area (Å²) in [6.45, 7) is 1.98. The zero-order valence-corrected chi connectivity index (χ0v) is 17.0. The molecule has 164 valence electrons. The summed E-state index contributed by atoms with van der Waals surface area (Å²) in [4.78, 5) is 40.0. The maximum Gasteiger partial charge on any atom is 0.418 e. The minimum atomic E-state index is -4.62. The Balaban J connectivity index is 1.41. The van der Waals surface area contributed by atoms with Gasteiger partial charge in [-0.1, -0.05) is 29.8 Å². The Kier molecular flexibility index (Phi) is 4.51. The van der Waals surface area contributed by atoms with E-state index in [-0.39, 0.29) is 52.4 Å². The van der Waals surface area contributed by atoms with Gasteiger partial charge in [0.1, 0.15) is 0 Å². The van der Waals surface area contributed by atoms with Crippen molar-refractivity contribution in [2.45, 2.75) is 19.5 Å². The molecule has 0 aromatic heterocycles. The Morgan fingerprint density at radius 3 is 2.50 bits per heavy atom. The molecule has 1 N–H and O–H groups in total. The number of nitrogens with zero attached hydrogens (tertiary/aromatic N) is 1. The molecule has 0 unspecified atom stereocenters. The minimum absolute atomic E-state index is 0.0504. The van der Waals surface area contributed by atoms with Crippen LogP contribution in [0.3, 0.4) is 0 Å². The standard InChI is InChI=1S/C24H19F3N2O3/c1-12-9-14-11-16(12)20-19(14)22(31)29(23(20)32)15-6-4-5-13(10-15)21(30)28-18-8-3-2-7-17(18)24(25,26)27/h2-10,14,16,19-20H,11H2,1H3,(H,28,30)/t14-,16+,19+,20-/m0/s1. The van der Waals surface area contributed by atoms with Crippen LogP contribution in [0, 0.1) is 23.7 Å². The van der Waals surface area contributed by atoms with Crippen molar-refractivity contribution in [1.82, 2.24) is 0 Å². The molecule has 5 rings (SSSR count). The second-order valence-electron chi connectivity index (χ2n) is 8.53. The molecule has 1 saturated carbocycles. The molecule has 2 fully saturated rings. The third-order valence-corrected chi connectivity index (χ3v) is 6.73. The summed E-state index contributed by atoms with van der Waals surface area (Å²) >= 11 is 0. The lowest BCUT2D eigenvalue weighted by Crippen LogP contribution is -2.33. The van der Waals surface area contributed by atoms with E-state index in [9.17, 15) is 27.6 Å². The highest BCUT2D eigenvalue weighted by Gasteiger charge is 2.60. The third-order valence-electron chi connectivity index (χ3n) is 6.73. The Morgan fingerprint density at radius 1 is 1.03 bits per heavy atom. The van der Waals surface area contributed by atoms with E-state index in [1.807, 2.05) is 6.92 Å².